The van der Waals surface area contributed by atoms with E-state index in [0.717, 1.165) is 4.90 Å². The summed E-state index contributed by atoms with van der Waals surface area (Å²) in [4.78, 5) is 12.7. The zero-order chi connectivity index (χ0) is 13.8. The molecule has 0 aliphatic rings. The van der Waals surface area contributed by atoms with Crippen molar-refractivity contribution >= 4 is 33.5 Å². The van der Waals surface area contributed by atoms with Gasteiger partial charge in [-0.2, -0.15) is 0 Å². The van der Waals surface area contributed by atoms with E-state index in [1.807, 2.05) is 0 Å². The van der Waals surface area contributed by atoms with Gasteiger partial charge in [-0.1, -0.05) is 6.07 Å². The molecule has 2 aromatic carbocycles. The third kappa shape index (κ3) is 3.64. The minimum Gasteiger partial charge on any atom is -0.293 e. The van der Waals surface area contributed by atoms with Gasteiger partial charge < -0.3 is 0 Å². The second kappa shape index (κ2) is 6.30. The smallest absolute Gasteiger partial charge is 0.176 e. The maximum Gasteiger partial charge on any atom is 0.176 e. The Balaban J connectivity index is 2.05. The van der Waals surface area contributed by atoms with E-state index in [1.54, 1.807) is 24.3 Å². The summed E-state index contributed by atoms with van der Waals surface area (Å²) >= 11 is 4.29. The van der Waals surface area contributed by atoms with E-state index in [9.17, 15) is 13.6 Å². The number of carbonyl (C=O) groups excluding carboxylic acids is 1. The lowest BCUT2D eigenvalue weighted by atomic mass is 10.1. The second-order valence-electron chi connectivity index (χ2n) is 3.77. The standard InChI is InChI=1S/C14H9BrF2OS/c15-12-3-1-2-11(14(12)17)13(18)8-19-10-6-4-9(16)5-7-10/h1-7H,8H2. The Morgan fingerprint density at radius 2 is 1.79 bits per heavy atom. The summed E-state index contributed by atoms with van der Waals surface area (Å²) in [5.41, 5.74) is 0.0592. The van der Waals surface area contributed by atoms with Crippen LogP contribution in [0.1, 0.15) is 10.4 Å². The van der Waals surface area contributed by atoms with Gasteiger partial charge in [0.05, 0.1) is 15.8 Å². The quantitative estimate of drug-likeness (QED) is 0.591. The SMILES string of the molecule is O=C(CSc1ccc(F)cc1)c1cccc(Br)c1F. The fourth-order valence-electron chi connectivity index (χ4n) is 1.48. The Kier molecular flexibility index (Phi) is 4.71. The van der Waals surface area contributed by atoms with Gasteiger partial charge in [0.25, 0.3) is 0 Å². The zero-order valence-corrected chi connectivity index (χ0v) is 12.1. The molecule has 0 atom stereocenters. The molecular formula is C14H9BrF2OS. The highest BCUT2D eigenvalue weighted by Crippen LogP contribution is 2.23. The Morgan fingerprint density at radius 1 is 1.11 bits per heavy atom. The molecule has 0 aliphatic heterocycles. The summed E-state index contributed by atoms with van der Waals surface area (Å²) in [6.45, 7) is 0. The third-order valence-electron chi connectivity index (χ3n) is 2.44. The molecule has 0 radical (unpaired) electrons. The summed E-state index contributed by atoms with van der Waals surface area (Å²) in [7, 11) is 0. The lowest BCUT2D eigenvalue weighted by molar-refractivity contribution is 0.101. The fourth-order valence-corrected chi connectivity index (χ4v) is 2.62. The predicted octanol–water partition coefficient (Wildman–Crippen LogP) is 4.70. The van der Waals surface area contributed by atoms with Crippen LogP contribution >= 0.6 is 27.7 Å². The van der Waals surface area contributed by atoms with Crippen LogP contribution in [-0.2, 0) is 0 Å². The summed E-state index contributed by atoms with van der Waals surface area (Å²) in [5, 5.41) is 0. The molecule has 0 saturated carbocycles. The maximum absolute atomic E-state index is 13.7. The fraction of sp³-hybridized carbons (Fsp3) is 0.0714. The van der Waals surface area contributed by atoms with E-state index >= 15 is 0 Å². The number of carbonyl (C=O) groups is 1. The van der Waals surface area contributed by atoms with E-state index in [4.69, 9.17) is 0 Å². The van der Waals surface area contributed by atoms with Crippen molar-refractivity contribution in [1.82, 2.24) is 0 Å². The Hall–Kier alpha value is -1.20. The van der Waals surface area contributed by atoms with Crippen molar-refractivity contribution in [3.8, 4) is 0 Å². The van der Waals surface area contributed by atoms with Gasteiger partial charge in [-0.15, -0.1) is 11.8 Å². The molecule has 19 heavy (non-hydrogen) atoms. The maximum atomic E-state index is 13.7. The van der Waals surface area contributed by atoms with E-state index in [2.05, 4.69) is 15.9 Å². The van der Waals surface area contributed by atoms with Crippen molar-refractivity contribution in [3.63, 3.8) is 0 Å². The molecule has 1 nitrogen and oxygen atoms in total. The number of ketones is 1. The lowest BCUT2D eigenvalue weighted by Crippen LogP contribution is -2.05. The Morgan fingerprint density at radius 3 is 2.47 bits per heavy atom. The Labute approximate surface area is 122 Å². The molecule has 0 unspecified atom stereocenters. The average Bonchev–Trinajstić information content (AvgIpc) is 2.41. The van der Waals surface area contributed by atoms with E-state index < -0.39 is 5.82 Å². The van der Waals surface area contributed by atoms with Crippen LogP contribution in [-0.4, -0.2) is 11.5 Å². The molecule has 0 N–H and O–H groups in total. The van der Waals surface area contributed by atoms with Gasteiger partial charge in [-0.05, 0) is 52.3 Å². The molecule has 0 spiro atoms. The van der Waals surface area contributed by atoms with E-state index in [-0.39, 0.29) is 27.4 Å². The van der Waals surface area contributed by atoms with E-state index in [1.165, 1.54) is 30.0 Å². The van der Waals surface area contributed by atoms with Crippen molar-refractivity contribution < 1.29 is 13.6 Å². The van der Waals surface area contributed by atoms with Crippen LogP contribution in [0.4, 0.5) is 8.78 Å². The lowest BCUT2D eigenvalue weighted by Gasteiger charge is -2.04. The first kappa shape index (κ1) is 14.2. The molecule has 98 valence electrons. The van der Waals surface area contributed by atoms with Crippen LogP contribution in [0, 0.1) is 11.6 Å². The van der Waals surface area contributed by atoms with Crippen LogP contribution in [0.2, 0.25) is 0 Å². The average molecular weight is 343 g/mol. The van der Waals surface area contributed by atoms with Crippen LogP contribution in [0.3, 0.4) is 0 Å². The summed E-state index contributed by atoms with van der Waals surface area (Å²) in [5.74, 6) is -1.06. The Bertz CT molecular complexity index is 599. The number of Topliss-reactive ketones (excluding diaryl/α,β-unsaturated/α-hetero) is 1. The molecule has 0 aliphatic carbocycles. The molecule has 2 rings (SSSR count). The summed E-state index contributed by atoms with van der Waals surface area (Å²) in [6, 6.07) is 10.4. The van der Waals surface area contributed by atoms with Crippen LogP contribution in [0.15, 0.2) is 51.8 Å². The highest BCUT2D eigenvalue weighted by molar-refractivity contribution is 9.10. The predicted molar refractivity (Wildman–Crippen MR) is 75.6 cm³/mol. The first-order valence-electron chi connectivity index (χ1n) is 5.43. The molecule has 0 aromatic heterocycles. The molecule has 5 heteroatoms. The second-order valence-corrected chi connectivity index (χ2v) is 5.67. The van der Waals surface area contributed by atoms with Gasteiger partial charge in [-0.25, -0.2) is 8.78 Å². The van der Waals surface area contributed by atoms with Crippen LogP contribution in [0.5, 0.6) is 0 Å². The van der Waals surface area contributed by atoms with Gasteiger partial charge in [0.15, 0.2) is 5.78 Å². The van der Waals surface area contributed by atoms with Crippen molar-refractivity contribution in [1.29, 1.82) is 0 Å². The summed E-state index contributed by atoms with van der Waals surface area (Å²) in [6.07, 6.45) is 0. The molecular weight excluding hydrogens is 334 g/mol. The largest absolute Gasteiger partial charge is 0.293 e. The van der Waals surface area contributed by atoms with Crippen molar-refractivity contribution in [3.05, 3.63) is 64.1 Å². The number of hydrogen-bond acceptors (Lipinski definition) is 2. The molecule has 0 saturated heterocycles. The number of hydrogen-bond donors (Lipinski definition) is 0. The minimum absolute atomic E-state index is 0.0592. The van der Waals surface area contributed by atoms with Crippen molar-refractivity contribution in [2.24, 2.45) is 0 Å². The van der Waals surface area contributed by atoms with Gasteiger partial charge in [0, 0.05) is 4.90 Å². The zero-order valence-electron chi connectivity index (χ0n) is 9.70. The molecule has 0 amide bonds. The minimum atomic E-state index is -0.549. The van der Waals surface area contributed by atoms with E-state index in [0.29, 0.717) is 0 Å². The number of thioether (sulfide) groups is 1. The highest BCUT2D eigenvalue weighted by atomic mass is 79.9. The molecule has 2 aromatic rings. The van der Waals surface area contributed by atoms with Crippen LogP contribution in [0.25, 0.3) is 0 Å². The van der Waals surface area contributed by atoms with Gasteiger partial charge in [0.1, 0.15) is 11.6 Å². The monoisotopic (exact) mass is 342 g/mol. The van der Waals surface area contributed by atoms with Gasteiger partial charge in [-0.3, -0.25) is 4.79 Å². The molecule has 0 heterocycles. The normalized spacial score (nSPS) is 10.5. The van der Waals surface area contributed by atoms with Gasteiger partial charge in [0.2, 0.25) is 0 Å². The van der Waals surface area contributed by atoms with Gasteiger partial charge >= 0.3 is 0 Å². The summed E-state index contributed by atoms with van der Waals surface area (Å²) < 4.78 is 26.7. The number of halogens is 3. The van der Waals surface area contributed by atoms with Crippen molar-refractivity contribution in [2.75, 3.05) is 5.75 Å². The number of rotatable bonds is 4. The van der Waals surface area contributed by atoms with Crippen LogP contribution < -0.4 is 0 Å². The first-order chi connectivity index (χ1) is 9.08. The number of benzene rings is 2. The topological polar surface area (TPSA) is 17.1 Å². The third-order valence-corrected chi connectivity index (χ3v) is 4.06. The van der Waals surface area contributed by atoms with Crippen molar-refractivity contribution in [2.45, 2.75) is 4.90 Å². The highest BCUT2D eigenvalue weighted by Gasteiger charge is 2.14. The molecule has 0 bridgehead atoms. The molecule has 0 fully saturated rings. The first-order valence-corrected chi connectivity index (χ1v) is 7.21.